The molecule has 0 saturated carbocycles. The van der Waals surface area contributed by atoms with Gasteiger partial charge in [0.15, 0.2) is 0 Å². The van der Waals surface area contributed by atoms with Crippen LogP contribution in [0.15, 0.2) is 0 Å². The Labute approximate surface area is 54.7 Å². The van der Waals surface area contributed by atoms with Gasteiger partial charge < -0.3 is 5.73 Å². The fraction of sp³-hybridized carbons (Fsp3) is 0.800. The number of nitrogens with one attached hydrogen (secondary N) is 1. The number of hydroxylamine groups is 2. The highest BCUT2D eigenvalue weighted by Crippen LogP contribution is 1.88. The van der Waals surface area contributed by atoms with Gasteiger partial charge in [0, 0.05) is 6.54 Å². The third-order valence-corrected chi connectivity index (χ3v) is 1.00. The Morgan fingerprint density at radius 1 is 1.78 bits per heavy atom. The van der Waals surface area contributed by atoms with Crippen LogP contribution in [0.2, 0.25) is 0 Å². The van der Waals surface area contributed by atoms with Crippen molar-refractivity contribution in [3.63, 3.8) is 0 Å². The first-order chi connectivity index (χ1) is 4.18. The maximum Gasteiger partial charge on any atom is 0.212 e. The Balaban J connectivity index is 3.27. The van der Waals surface area contributed by atoms with Gasteiger partial charge in [0.05, 0.1) is 0 Å². The van der Waals surface area contributed by atoms with Gasteiger partial charge in [-0.15, -0.1) is 0 Å². The molecule has 9 heavy (non-hydrogen) atoms. The van der Waals surface area contributed by atoms with Crippen molar-refractivity contribution in [2.45, 2.75) is 19.8 Å². The van der Waals surface area contributed by atoms with Crippen LogP contribution in [0.1, 0.15) is 19.8 Å². The van der Waals surface area contributed by atoms with E-state index >= 15 is 0 Å². The van der Waals surface area contributed by atoms with Crippen LogP contribution in [-0.2, 0) is 0 Å². The zero-order chi connectivity index (χ0) is 7.28. The summed E-state index contributed by atoms with van der Waals surface area (Å²) in [6, 6.07) is 0. The number of hydrogen-bond donors (Lipinski definition) is 3. The molecule has 0 atom stereocenters. The van der Waals surface area contributed by atoms with Crippen LogP contribution in [0.4, 0.5) is 0 Å². The summed E-state index contributed by atoms with van der Waals surface area (Å²) in [7, 11) is 0. The molecule has 0 unspecified atom stereocenters. The zero-order valence-corrected chi connectivity index (χ0v) is 5.59. The van der Waals surface area contributed by atoms with Gasteiger partial charge in [-0.1, -0.05) is 13.3 Å². The molecular weight excluding hydrogens is 118 g/mol. The van der Waals surface area contributed by atoms with Crippen LogP contribution in [-0.4, -0.2) is 22.8 Å². The molecule has 0 saturated heterocycles. The summed E-state index contributed by atoms with van der Waals surface area (Å²) in [5, 5.41) is 16.2. The summed E-state index contributed by atoms with van der Waals surface area (Å²) in [5.41, 5.74) is 4.94. The summed E-state index contributed by atoms with van der Waals surface area (Å²) in [5.74, 6) is -0.288. The monoisotopic (exact) mass is 131 g/mol. The third kappa shape index (κ3) is 3.78. The van der Waals surface area contributed by atoms with Gasteiger partial charge in [-0.05, 0) is 6.42 Å². The minimum Gasteiger partial charge on any atom is -0.368 e. The molecule has 0 aromatic carbocycles. The lowest BCUT2D eigenvalue weighted by molar-refractivity contribution is -0.0179. The van der Waals surface area contributed by atoms with Crippen LogP contribution in [0.25, 0.3) is 0 Å². The molecule has 0 amide bonds. The first-order valence-electron chi connectivity index (χ1n) is 2.99. The molecule has 54 valence electrons. The Hall–Kier alpha value is -0.770. The first-order valence-corrected chi connectivity index (χ1v) is 2.99. The van der Waals surface area contributed by atoms with E-state index in [9.17, 15) is 0 Å². The Bertz CT molecular complexity index is 94.2. The highest BCUT2D eigenvalue weighted by Gasteiger charge is 1.97. The molecule has 0 aromatic heterocycles. The molecule has 0 aliphatic carbocycles. The standard InChI is InChI=1S/C5H13N3O/c1-2-3-4-8(9)5(6)7/h9H,2-4H2,1H3,(H3,6,7). The second kappa shape index (κ2) is 4.14. The molecule has 0 bridgehead atoms. The van der Waals surface area contributed by atoms with Crippen LogP contribution in [0, 0.1) is 5.41 Å². The van der Waals surface area contributed by atoms with Crippen molar-refractivity contribution in [2.75, 3.05) is 6.54 Å². The van der Waals surface area contributed by atoms with Gasteiger partial charge in [-0.2, -0.15) is 0 Å². The average Bonchev–Trinajstić information content (AvgIpc) is 1.82. The van der Waals surface area contributed by atoms with E-state index in [2.05, 4.69) is 0 Å². The number of rotatable bonds is 3. The van der Waals surface area contributed by atoms with Gasteiger partial charge in [0.2, 0.25) is 5.96 Å². The predicted molar refractivity (Wildman–Crippen MR) is 35.3 cm³/mol. The highest BCUT2D eigenvalue weighted by molar-refractivity contribution is 5.73. The van der Waals surface area contributed by atoms with Gasteiger partial charge >= 0.3 is 0 Å². The molecule has 0 heterocycles. The van der Waals surface area contributed by atoms with E-state index in [-0.39, 0.29) is 5.96 Å². The van der Waals surface area contributed by atoms with Crippen LogP contribution in [0.3, 0.4) is 0 Å². The number of nitrogens with two attached hydrogens (primary N) is 1. The van der Waals surface area contributed by atoms with Crippen molar-refractivity contribution in [3.05, 3.63) is 0 Å². The number of hydrogen-bond acceptors (Lipinski definition) is 2. The molecule has 0 aliphatic rings. The van der Waals surface area contributed by atoms with E-state index in [1.165, 1.54) is 0 Å². The lowest BCUT2D eigenvalue weighted by atomic mass is 10.3. The molecule has 0 radical (unpaired) electrons. The Kier molecular flexibility index (Phi) is 3.79. The summed E-state index contributed by atoms with van der Waals surface area (Å²) in [6.07, 6.45) is 1.85. The zero-order valence-electron chi connectivity index (χ0n) is 5.59. The number of guanidine groups is 1. The topological polar surface area (TPSA) is 73.3 Å². The van der Waals surface area contributed by atoms with Crippen molar-refractivity contribution in [3.8, 4) is 0 Å². The van der Waals surface area contributed by atoms with Gasteiger partial charge in [0.25, 0.3) is 0 Å². The SMILES string of the molecule is CCCCN(O)C(=N)N. The van der Waals surface area contributed by atoms with E-state index in [0.717, 1.165) is 17.9 Å². The summed E-state index contributed by atoms with van der Waals surface area (Å²) in [6.45, 7) is 2.46. The second-order valence-corrected chi connectivity index (χ2v) is 1.86. The predicted octanol–water partition coefficient (Wildman–Crippen LogP) is 0.371. The van der Waals surface area contributed by atoms with Crippen LogP contribution in [0.5, 0.6) is 0 Å². The largest absolute Gasteiger partial charge is 0.368 e. The molecule has 4 nitrogen and oxygen atoms in total. The Morgan fingerprint density at radius 2 is 2.33 bits per heavy atom. The van der Waals surface area contributed by atoms with E-state index in [1.807, 2.05) is 6.92 Å². The van der Waals surface area contributed by atoms with Gasteiger partial charge in [0.1, 0.15) is 0 Å². The van der Waals surface area contributed by atoms with E-state index in [1.54, 1.807) is 0 Å². The molecule has 0 spiro atoms. The van der Waals surface area contributed by atoms with Crippen molar-refractivity contribution in [1.82, 2.24) is 5.06 Å². The lowest BCUT2D eigenvalue weighted by Crippen LogP contribution is -2.33. The fourth-order valence-electron chi connectivity index (χ4n) is 0.428. The van der Waals surface area contributed by atoms with Crippen LogP contribution >= 0.6 is 0 Å². The molecule has 0 aliphatic heterocycles. The van der Waals surface area contributed by atoms with E-state index < -0.39 is 0 Å². The van der Waals surface area contributed by atoms with Crippen molar-refractivity contribution in [2.24, 2.45) is 5.73 Å². The highest BCUT2D eigenvalue weighted by atomic mass is 16.5. The van der Waals surface area contributed by atoms with Crippen molar-refractivity contribution in [1.29, 1.82) is 5.41 Å². The molecule has 4 heteroatoms. The van der Waals surface area contributed by atoms with Gasteiger partial charge in [-0.3, -0.25) is 10.6 Å². The number of unbranched alkanes of at least 4 members (excludes halogenated alkanes) is 1. The van der Waals surface area contributed by atoms with E-state index in [0.29, 0.717) is 6.54 Å². The smallest absolute Gasteiger partial charge is 0.212 e. The second-order valence-electron chi connectivity index (χ2n) is 1.86. The average molecular weight is 131 g/mol. The first kappa shape index (κ1) is 8.23. The third-order valence-electron chi connectivity index (χ3n) is 1.00. The van der Waals surface area contributed by atoms with Crippen molar-refractivity contribution >= 4 is 5.96 Å². The van der Waals surface area contributed by atoms with Crippen LogP contribution < -0.4 is 5.73 Å². The summed E-state index contributed by atoms with van der Waals surface area (Å²) in [4.78, 5) is 0. The van der Waals surface area contributed by atoms with E-state index in [4.69, 9.17) is 16.4 Å². The molecular formula is C5H13N3O. The normalized spacial score (nSPS) is 9.11. The maximum absolute atomic E-state index is 8.74. The minimum atomic E-state index is -0.288. The molecule has 0 aromatic rings. The summed E-state index contributed by atoms with van der Waals surface area (Å²) >= 11 is 0. The van der Waals surface area contributed by atoms with Crippen molar-refractivity contribution < 1.29 is 5.21 Å². The molecule has 0 fully saturated rings. The lowest BCUT2D eigenvalue weighted by Gasteiger charge is -2.12. The maximum atomic E-state index is 8.74. The summed E-state index contributed by atoms with van der Waals surface area (Å²) < 4.78 is 0. The quantitative estimate of drug-likeness (QED) is 0.294. The number of nitrogens with zero attached hydrogens (tertiary/aromatic N) is 1. The minimum absolute atomic E-state index is 0.288. The molecule has 4 N–H and O–H groups in total. The molecule has 0 rings (SSSR count). The Morgan fingerprint density at radius 3 is 2.67 bits per heavy atom. The fourth-order valence-corrected chi connectivity index (χ4v) is 0.428. The van der Waals surface area contributed by atoms with Gasteiger partial charge in [-0.25, -0.2) is 5.06 Å².